The van der Waals surface area contributed by atoms with Gasteiger partial charge in [0.25, 0.3) is 0 Å². The first-order valence-corrected chi connectivity index (χ1v) is 8.49. The lowest BCUT2D eigenvalue weighted by Crippen LogP contribution is -2.12. The standard InChI is InChI=1S/C22H21NO3/c1-25-19-12-7-17(8-13-19)9-16-22(24)23-18-10-14-21(15-11-18)26-20-5-3-2-4-6-20/h2-8,10-15H,9,16H2,1H3,(H,23,24). The number of aryl methyl sites for hydroxylation is 1. The highest BCUT2D eigenvalue weighted by Gasteiger charge is 2.04. The Morgan fingerprint density at radius 3 is 2.08 bits per heavy atom. The van der Waals surface area contributed by atoms with E-state index in [1.807, 2.05) is 78.9 Å². The quantitative estimate of drug-likeness (QED) is 0.650. The van der Waals surface area contributed by atoms with Crippen LogP contribution < -0.4 is 14.8 Å². The largest absolute Gasteiger partial charge is 0.497 e. The smallest absolute Gasteiger partial charge is 0.224 e. The average Bonchev–Trinajstić information content (AvgIpc) is 2.69. The Bertz CT molecular complexity index is 828. The Morgan fingerprint density at radius 1 is 0.808 bits per heavy atom. The summed E-state index contributed by atoms with van der Waals surface area (Å²) < 4.78 is 10.9. The number of benzene rings is 3. The van der Waals surface area contributed by atoms with Gasteiger partial charge in [0, 0.05) is 12.1 Å². The van der Waals surface area contributed by atoms with Gasteiger partial charge in [0.2, 0.25) is 5.91 Å². The molecule has 3 rings (SSSR count). The van der Waals surface area contributed by atoms with Crippen molar-refractivity contribution in [2.75, 3.05) is 12.4 Å². The van der Waals surface area contributed by atoms with Gasteiger partial charge >= 0.3 is 0 Å². The normalized spacial score (nSPS) is 10.2. The molecule has 132 valence electrons. The van der Waals surface area contributed by atoms with Crippen LogP contribution in [0.2, 0.25) is 0 Å². The molecule has 0 radical (unpaired) electrons. The summed E-state index contributed by atoms with van der Waals surface area (Å²) in [6, 6.07) is 24.7. The van der Waals surface area contributed by atoms with Crippen LogP contribution in [0.1, 0.15) is 12.0 Å². The molecule has 0 aliphatic rings. The zero-order chi connectivity index (χ0) is 18.2. The lowest BCUT2D eigenvalue weighted by molar-refractivity contribution is -0.116. The van der Waals surface area contributed by atoms with Crippen molar-refractivity contribution >= 4 is 11.6 Å². The summed E-state index contributed by atoms with van der Waals surface area (Å²) in [7, 11) is 1.64. The minimum atomic E-state index is -0.0162. The van der Waals surface area contributed by atoms with Crippen LogP contribution in [0, 0.1) is 0 Å². The molecule has 0 aliphatic heterocycles. The van der Waals surface area contributed by atoms with Crippen molar-refractivity contribution in [2.24, 2.45) is 0 Å². The number of amides is 1. The lowest BCUT2D eigenvalue weighted by Gasteiger charge is -2.08. The monoisotopic (exact) mass is 347 g/mol. The number of carbonyl (C=O) groups is 1. The number of methoxy groups -OCH3 is 1. The van der Waals surface area contributed by atoms with E-state index in [0.717, 1.165) is 28.5 Å². The molecule has 26 heavy (non-hydrogen) atoms. The van der Waals surface area contributed by atoms with Crippen LogP contribution >= 0.6 is 0 Å². The molecule has 0 aliphatic carbocycles. The molecule has 3 aromatic carbocycles. The fourth-order valence-electron chi connectivity index (χ4n) is 2.50. The van der Waals surface area contributed by atoms with E-state index < -0.39 is 0 Å². The van der Waals surface area contributed by atoms with Gasteiger partial charge in [-0.05, 0) is 60.5 Å². The molecule has 4 nitrogen and oxygen atoms in total. The molecule has 0 atom stereocenters. The maximum absolute atomic E-state index is 12.1. The molecule has 4 heteroatoms. The molecule has 0 aromatic heterocycles. The average molecular weight is 347 g/mol. The van der Waals surface area contributed by atoms with Crippen molar-refractivity contribution in [3.8, 4) is 17.2 Å². The van der Waals surface area contributed by atoms with Crippen LogP contribution in [0.5, 0.6) is 17.2 Å². The third-order valence-corrected chi connectivity index (χ3v) is 3.92. The van der Waals surface area contributed by atoms with Crippen molar-refractivity contribution in [3.63, 3.8) is 0 Å². The van der Waals surface area contributed by atoms with E-state index >= 15 is 0 Å². The van der Waals surface area contributed by atoms with Crippen molar-refractivity contribution in [2.45, 2.75) is 12.8 Å². The summed E-state index contributed by atoms with van der Waals surface area (Å²) in [4.78, 5) is 12.1. The highest BCUT2D eigenvalue weighted by atomic mass is 16.5. The van der Waals surface area contributed by atoms with Gasteiger partial charge in [-0.3, -0.25) is 4.79 Å². The minimum Gasteiger partial charge on any atom is -0.497 e. The summed E-state index contributed by atoms with van der Waals surface area (Å²) in [5.74, 6) is 2.31. The summed E-state index contributed by atoms with van der Waals surface area (Å²) in [6.07, 6.45) is 1.11. The number of nitrogens with one attached hydrogen (secondary N) is 1. The molecule has 1 amide bonds. The third kappa shape index (κ3) is 5.11. The van der Waals surface area contributed by atoms with E-state index in [-0.39, 0.29) is 5.91 Å². The summed E-state index contributed by atoms with van der Waals surface area (Å²) in [5, 5.41) is 2.91. The SMILES string of the molecule is COc1ccc(CCC(=O)Nc2ccc(Oc3ccccc3)cc2)cc1. The molecule has 0 saturated carbocycles. The zero-order valence-electron chi connectivity index (χ0n) is 14.6. The zero-order valence-corrected chi connectivity index (χ0v) is 14.6. The topological polar surface area (TPSA) is 47.6 Å². The maximum atomic E-state index is 12.1. The molecular formula is C22H21NO3. The summed E-state index contributed by atoms with van der Waals surface area (Å²) in [5.41, 5.74) is 1.86. The van der Waals surface area contributed by atoms with Crippen LogP contribution in [-0.4, -0.2) is 13.0 Å². The number of para-hydroxylation sites is 1. The second-order valence-electron chi connectivity index (χ2n) is 5.84. The van der Waals surface area contributed by atoms with Crippen molar-refractivity contribution < 1.29 is 14.3 Å². The van der Waals surface area contributed by atoms with Gasteiger partial charge < -0.3 is 14.8 Å². The number of rotatable bonds is 7. The molecule has 3 aromatic rings. The van der Waals surface area contributed by atoms with Crippen LogP contribution in [-0.2, 0) is 11.2 Å². The second kappa shape index (κ2) is 8.72. The van der Waals surface area contributed by atoms with Crippen LogP contribution in [0.15, 0.2) is 78.9 Å². The van der Waals surface area contributed by atoms with Crippen molar-refractivity contribution in [1.82, 2.24) is 0 Å². The summed E-state index contributed by atoms with van der Waals surface area (Å²) in [6.45, 7) is 0. The van der Waals surface area contributed by atoms with E-state index in [1.165, 1.54) is 0 Å². The maximum Gasteiger partial charge on any atom is 0.224 e. The van der Waals surface area contributed by atoms with Crippen LogP contribution in [0.3, 0.4) is 0 Å². The molecule has 1 N–H and O–H groups in total. The second-order valence-corrected chi connectivity index (χ2v) is 5.84. The fraction of sp³-hybridized carbons (Fsp3) is 0.136. The Hall–Kier alpha value is -3.27. The van der Waals surface area contributed by atoms with Gasteiger partial charge in [-0.15, -0.1) is 0 Å². The third-order valence-electron chi connectivity index (χ3n) is 3.92. The van der Waals surface area contributed by atoms with E-state index in [9.17, 15) is 4.79 Å². The predicted octanol–water partition coefficient (Wildman–Crippen LogP) is 5.06. The molecule has 0 saturated heterocycles. The van der Waals surface area contributed by atoms with Gasteiger partial charge in [0.15, 0.2) is 0 Å². The number of ether oxygens (including phenoxy) is 2. The minimum absolute atomic E-state index is 0.0162. The number of anilines is 1. The summed E-state index contributed by atoms with van der Waals surface area (Å²) >= 11 is 0. The van der Waals surface area contributed by atoms with Gasteiger partial charge in [0.1, 0.15) is 17.2 Å². The Morgan fingerprint density at radius 2 is 1.42 bits per heavy atom. The highest BCUT2D eigenvalue weighted by molar-refractivity contribution is 5.90. The predicted molar refractivity (Wildman–Crippen MR) is 103 cm³/mol. The Balaban J connectivity index is 1.49. The fourth-order valence-corrected chi connectivity index (χ4v) is 2.50. The number of hydrogen-bond donors (Lipinski definition) is 1. The Kier molecular flexibility index (Phi) is 5.88. The van der Waals surface area contributed by atoms with E-state index in [4.69, 9.17) is 9.47 Å². The van der Waals surface area contributed by atoms with Gasteiger partial charge in [0.05, 0.1) is 7.11 Å². The first-order chi connectivity index (χ1) is 12.7. The van der Waals surface area contributed by atoms with Gasteiger partial charge in [-0.25, -0.2) is 0 Å². The van der Waals surface area contributed by atoms with Gasteiger partial charge in [-0.2, -0.15) is 0 Å². The molecule has 0 bridgehead atoms. The lowest BCUT2D eigenvalue weighted by atomic mass is 10.1. The van der Waals surface area contributed by atoms with E-state index in [0.29, 0.717) is 12.8 Å². The number of hydrogen-bond acceptors (Lipinski definition) is 3. The molecule has 0 heterocycles. The molecular weight excluding hydrogens is 326 g/mol. The molecule has 0 unspecified atom stereocenters. The highest BCUT2D eigenvalue weighted by Crippen LogP contribution is 2.22. The van der Waals surface area contributed by atoms with Gasteiger partial charge in [-0.1, -0.05) is 30.3 Å². The Labute approximate surface area is 153 Å². The first kappa shape index (κ1) is 17.5. The van der Waals surface area contributed by atoms with E-state index in [1.54, 1.807) is 7.11 Å². The van der Waals surface area contributed by atoms with E-state index in [2.05, 4.69) is 5.32 Å². The number of carbonyl (C=O) groups excluding carboxylic acids is 1. The van der Waals surface area contributed by atoms with Crippen molar-refractivity contribution in [1.29, 1.82) is 0 Å². The van der Waals surface area contributed by atoms with Crippen LogP contribution in [0.25, 0.3) is 0 Å². The molecule has 0 spiro atoms. The van der Waals surface area contributed by atoms with Crippen molar-refractivity contribution in [3.05, 3.63) is 84.4 Å². The van der Waals surface area contributed by atoms with Crippen LogP contribution in [0.4, 0.5) is 5.69 Å². The first-order valence-electron chi connectivity index (χ1n) is 8.49. The molecule has 0 fully saturated rings.